The van der Waals surface area contributed by atoms with Gasteiger partial charge >= 0.3 is 6.03 Å². The van der Waals surface area contributed by atoms with Gasteiger partial charge in [0.25, 0.3) is 0 Å². The summed E-state index contributed by atoms with van der Waals surface area (Å²) in [5, 5.41) is 18.7. The quantitative estimate of drug-likeness (QED) is 0.453. The number of urea groups is 1. The van der Waals surface area contributed by atoms with Crippen LogP contribution in [-0.4, -0.2) is 89.1 Å². The van der Waals surface area contributed by atoms with Crippen LogP contribution in [0.5, 0.6) is 0 Å². The summed E-state index contributed by atoms with van der Waals surface area (Å²) in [5.74, 6) is -1.27. The zero-order valence-corrected chi connectivity index (χ0v) is 24.6. The van der Waals surface area contributed by atoms with Crippen LogP contribution in [0.15, 0.2) is 0 Å². The Hall–Kier alpha value is -2.87. The molecule has 2 spiro atoms. The van der Waals surface area contributed by atoms with E-state index >= 15 is 0 Å². The first kappa shape index (κ1) is 28.7. The monoisotopic (exact) mass is 556 g/mol. The Balaban J connectivity index is 1.28. The van der Waals surface area contributed by atoms with E-state index in [-0.39, 0.29) is 52.7 Å². The van der Waals surface area contributed by atoms with E-state index < -0.39 is 29.4 Å². The molecule has 11 heteroatoms. The van der Waals surface area contributed by atoms with Crippen molar-refractivity contribution in [3.8, 4) is 6.07 Å². The second-order valence-electron chi connectivity index (χ2n) is 14.7. The van der Waals surface area contributed by atoms with E-state index in [2.05, 4.69) is 22.0 Å². The topological polar surface area (TPSA) is 144 Å². The second kappa shape index (κ2) is 9.61. The van der Waals surface area contributed by atoms with Crippen LogP contribution in [-0.2, 0) is 19.1 Å². The van der Waals surface area contributed by atoms with Gasteiger partial charge in [-0.2, -0.15) is 5.26 Å². The van der Waals surface area contributed by atoms with Crippen molar-refractivity contribution in [1.29, 1.82) is 5.26 Å². The molecule has 5 aliphatic rings. The third kappa shape index (κ3) is 5.15. The molecule has 0 bridgehead atoms. The lowest BCUT2D eigenvalue weighted by Crippen LogP contribution is -2.72. The molecule has 5 fully saturated rings. The lowest BCUT2D eigenvalue weighted by molar-refractivity contribution is -0.208. The average molecular weight is 557 g/mol. The molecule has 5 amide bonds. The Bertz CT molecular complexity index is 1120. The third-order valence-corrected chi connectivity index (χ3v) is 10.0. The molecule has 220 valence electrons. The molecule has 0 aromatic heterocycles. The predicted molar refractivity (Wildman–Crippen MR) is 145 cm³/mol. The number of nitrogens with zero attached hydrogens (tertiary/aromatic N) is 3. The van der Waals surface area contributed by atoms with Gasteiger partial charge in [0.05, 0.1) is 25.8 Å². The summed E-state index contributed by atoms with van der Waals surface area (Å²) in [6, 6.07) is -0.641. The predicted octanol–water partition coefficient (Wildman–Crippen LogP) is 1.53. The van der Waals surface area contributed by atoms with Gasteiger partial charge in [0, 0.05) is 24.4 Å². The summed E-state index contributed by atoms with van der Waals surface area (Å²) in [5.41, 5.74) is -1.29. The number of likely N-dealkylation sites (tertiary alicyclic amines) is 2. The average Bonchev–Trinajstić information content (AvgIpc) is 3.41. The van der Waals surface area contributed by atoms with Gasteiger partial charge in [0.15, 0.2) is 0 Å². The number of ether oxygens (including phenoxy) is 1. The molecule has 40 heavy (non-hydrogen) atoms. The first-order chi connectivity index (χ1) is 18.6. The SMILES string of the molecule is CC1C(C(=O)NC(C#N)CC2CC3(CC3)NC2=O)N(C(=O)C(NC(=O)N2CC3(CCO3)C2)C(C)(C)C)CC1(C)C. The van der Waals surface area contributed by atoms with Gasteiger partial charge in [-0.05, 0) is 42.4 Å². The van der Waals surface area contributed by atoms with E-state index in [1.807, 2.05) is 41.5 Å². The Labute approximate surface area is 236 Å². The van der Waals surface area contributed by atoms with E-state index in [1.165, 1.54) is 0 Å². The van der Waals surface area contributed by atoms with Gasteiger partial charge in [-0.15, -0.1) is 0 Å². The molecule has 1 saturated carbocycles. The van der Waals surface area contributed by atoms with E-state index in [1.54, 1.807) is 9.80 Å². The third-order valence-electron chi connectivity index (χ3n) is 10.0. The molecular formula is C29H44N6O5. The first-order valence-corrected chi connectivity index (χ1v) is 14.6. The highest BCUT2D eigenvalue weighted by Crippen LogP contribution is 2.46. The van der Waals surface area contributed by atoms with Gasteiger partial charge < -0.3 is 30.5 Å². The zero-order chi connectivity index (χ0) is 29.3. The van der Waals surface area contributed by atoms with Crippen LogP contribution >= 0.6 is 0 Å². The van der Waals surface area contributed by atoms with E-state index in [0.29, 0.717) is 32.7 Å². The van der Waals surface area contributed by atoms with Crippen LogP contribution in [0, 0.1) is 34.0 Å². The maximum atomic E-state index is 14.1. The zero-order valence-electron chi connectivity index (χ0n) is 24.6. The molecule has 0 radical (unpaired) electrons. The number of hydrogen-bond acceptors (Lipinski definition) is 6. The summed E-state index contributed by atoms with van der Waals surface area (Å²) in [6.45, 7) is 13.8. The van der Waals surface area contributed by atoms with Crippen molar-refractivity contribution >= 4 is 23.8 Å². The van der Waals surface area contributed by atoms with Gasteiger partial charge in [0.1, 0.15) is 23.7 Å². The van der Waals surface area contributed by atoms with Gasteiger partial charge in [0.2, 0.25) is 17.7 Å². The summed E-state index contributed by atoms with van der Waals surface area (Å²) in [7, 11) is 0. The summed E-state index contributed by atoms with van der Waals surface area (Å²) in [4.78, 5) is 56.7. The molecule has 11 nitrogen and oxygen atoms in total. The van der Waals surface area contributed by atoms with Crippen molar-refractivity contribution in [2.24, 2.45) is 22.7 Å². The lowest BCUT2D eigenvalue weighted by Gasteiger charge is -2.55. The lowest BCUT2D eigenvalue weighted by atomic mass is 9.80. The van der Waals surface area contributed by atoms with Crippen LogP contribution < -0.4 is 16.0 Å². The van der Waals surface area contributed by atoms with E-state index in [4.69, 9.17) is 4.74 Å². The molecule has 5 atom stereocenters. The number of amides is 5. The van der Waals surface area contributed by atoms with E-state index in [0.717, 1.165) is 19.3 Å². The molecule has 4 aliphatic heterocycles. The summed E-state index contributed by atoms with van der Waals surface area (Å²) < 4.78 is 5.63. The van der Waals surface area contributed by atoms with Crippen LogP contribution in [0.2, 0.25) is 0 Å². The van der Waals surface area contributed by atoms with Crippen molar-refractivity contribution in [2.45, 2.75) is 103 Å². The Kier molecular flexibility index (Phi) is 6.88. The number of rotatable bonds is 6. The molecule has 4 saturated heterocycles. The van der Waals surface area contributed by atoms with Crippen molar-refractivity contribution < 1.29 is 23.9 Å². The summed E-state index contributed by atoms with van der Waals surface area (Å²) >= 11 is 0. The number of carbonyl (C=O) groups is 4. The van der Waals surface area contributed by atoms with Crippen molar-refractivity contribution in [2.75, 3.05) is 26.2 Å². The highest BCUT2D eigenvalue weighted by atomic mass is 16.5. The minimum Gasteiger partial charge on any atom is -0.371 e. The molecular weight excluding hydrogens is 512 g/mol. The minimum atomic E-state index is -0.848. The largest absolute Gasteiger partial charge is 0.371 e. The van der Waals surface area contributed by atoms with Gasteiger partial charge in [-0.25, -0.2) is 4.79 Å². The molecule has 5 unspecified atom stereocenters. The number of hydrogen-bond donors (Lipinski definition) is 3. The highest BCUT2D eigenvalue weighted by molar-refractivity contribution is 5.93. The fraction of sp³-hybridized carbons (Fsp3) is 0.828. The van der Waals surface area contributed by atoms with Crippen molar-refractivity contribution in [3.63, 3.8) is 0 Å². The molecule has 4 heterocycles. The molecule has 1 aliphatic carbocycles. The van der Waals surface area contributed by atoms with Gasteiger partial charge in [-0.1, -0.05) is 41.5 Å². The van der Waals surface area contributed by atoms with Crippen LogP contribution in [0.25, 0.3) is 0 Å². The van der Waals surface area contributed by atoms with Crippen LogP contribution in [0.3, 0.4) is 0 Å². The minimum absolute atomic E-state index is 0.0556. The first-order valence-electron chi connectivity index (χ1n) is 14.6. The van der Waals surface area contributed by atoms with Gasteiger partial charge in [-0.3, -0.25) is 14.4 Å². The Morgan fingerprint density at radius 2 is 1.80 bits per heavy atom. The number of nitriles is 1. The van der Waals surface area contributed by atoms with Crippen LogP contribution in [0.4, 0.5) is 4.79 Å². The fourth-order valence-electron chi connectivity index (χ4n) is 6.76. The standard InChI is InChI=1S/C29H44N6O5/c1-17-20(23(37)31-19(13-30)11-18-12-28(7-8-28)33-22(18)36)35(14-27(17,5)6)24(38)21(26(2,3)4)32-25(39)34-15-29(16-34)9-10-40-29/h17-21H,7-12,14-16H2,1-6H3,(H,31,37)(H,32,39)(H,33,36). The second-order valence-corrected chi connectivity index (χ2v) is 14.7. The highest BCUT2D eigenvalue weighted by Gasteiger charge is 2.55. The normalized spacial score (nSPS) is 30.5. The Morgan fingerprint density at radius 3 is 2.30 bits per heavy atom. The smallest absolute Gasteiger partial charge is 0.318 e. The summed E-state index contributed by atoms with van der Waals surface area (Å²) in [6.07, 6.45) is 3.79. The molecule has 5 rings (SSSR count). The molecule has 3 N–H and O–H groups in total. The Morgan fingerprint density at radius 1 is 1.15 bits per heavy atom. The van der Waals surface area contributed by atoms with Crippen LogP contribution in [0.1, 0.15) is 73.6 Å². The molecule has 0 aromatic carbocycles. The molecule has 0 aromatic rings. The maximum absolute atomic E-state index is 14.1. The van der Waals surface area contributed by atoms with Crippen molar-refractivity contribution in [1.82, 2.24) is 25.8 Å². The van der Waals surface area contributed by atoms with Crippen molar-refractivity contribution in [3.05, 3.63) is 0 Å². The number of nitrogens with one attached hydrogen (secondary N) is 3. The van der Waals surface area contributed by atoms with E-state index in [9.17, 15) is 24.4 Å². The fourth-order valence-corrected chi connectivity index (χ4v) is 6.76. The maximum Gasteiger partial charge on any atom is 0.318 e. The number of carbonyl (C=O) groups excluding carboxylic acids is 4.